The van der Waals surface area contributed by atoms with E-state index in [2.05, 4.69) is 29.0 Å². The molecule has 2 fully saturated rings. The van der Waals surface area contributed by atoms with Crippen molar-refractivity contribution in [3.05, 3.63) is 30.3 Å². The predicted octanol–water partition coefficient (Wildman–Crippen LogP) is 2.93. The monoisotopic (exact) mass is 368 g/mol. The van der Waals surface area contributed by atoms with Crippen molar-refractivity contribution in [2.75, 3.05) is 54.5 Å². The zero-order valence-electron chi connectivity index (χ0n) is 16.1. The minimum Gasteiger partial charge on any atom is -0.378 e. The van der Waals surface area contributed by atoms with Crippen LogP contribution in [0, 0.1) is 11.8 Å². The Morgan fingerprint density at radius 2 is 1.52 bits per heavy atom. The van der Waals surface area contributed by atoms with Gasteiger partial charge in [0.25, 0.3) is 0 Å². The number of hydrogen-bond acceptors (Lipinski definition) is 7. The standard InChI is InChI=1S/C20H28N6O/c1-15-12-16(2)14-26(13-15)20-23-18(21-17-6-4-3-5-7-17)22-19(24-20)25-8-10-27-11-9-25/h3-7,15-16H,8-14H2,1-2H3,(H,21,22,23,24)/t15-,16+. The lowest BCUT2D eigenvalue weighted by Gasteiger charge is -2.35. The molecule has 7 heteroatoms. The average molecular weight is 368 g/mol. The van der Waals surface area contributed by atoms with Crippen LogP contribution >= 0.6 is 0 Å². The first kappa shape index (κ1) is 18.0. The summed E-state index contributed by atoms with van der Waals surface area (Å²) in [5.74, 6) is 3.38. The molecule has 7 nitrogen and oxygen atoms in total. The molecule has 0 amide bonds. The lowest BCUT2D eigenvalue weighted by molar-refractivity contribution is 0.122. The van der Waals surface area contributed by atoms with Crippen molar-refractivity contribution in [2.45, 2.75) is 20.3 Å². The summed E-state index contributed by atoms with van der Waals surface area (Å²) in [5.41, 5.74) is 0.975. The van der Waals surface area contributed by atoms with E-state index in [0.29, 0.717) is 31.0 Å². The summed E-state index contributed by atoms with van der Waals surface area (Å²) < 4.78 is 5.48. The van der Waals surface area contributed by atoms with Crippen LogP contribution in [-0.2, 0) is 4.74 Å². The number of morpholine rings is 1. The van der Waals surface area contributed by atoms with Crippen molar-refractivity contribution in [3.8, 4) is 0 Å². The summed E-state index contributed by atoms with van der Waals surface area (Å²) in [7, 11) is 0. The number of hydrogen-bond donors (Lipinski definition) is 1. The number of nitrogens with zero attached hydrogens (tertiary/aromatic N) is 5. The maximum atomic E-state index is 5.48. The van der Waals surface area contributed by atoms with Gasteiger partial charge in [-0.25, -0.2) is 0 Å². The highest BCUT2D eigenvalue weighted by molar-refractivity contribution is 5.56. The summed E-state index contributed by atoms with van der Waals surface area (Å²) in [6.45, 7) is 9.61. The number of aromatic nitrogens is 3. The van der Waals surface area contributed by atoms with Gasteiger partial charge in [0.15, 0.2) is 0 Å². The molecule has 2 aromatic rings. The third kappa shape index (κ3) is 4.47. The van der Waals surface area contributed by atoms with Crippen molar-refractivity contribution in [2.24, 2.45) is 11.8 Å². The van der Waals surface area contributed by atoms with E-state index < -0.39 is 0 Å². The molecule has 1 N–H and O–H groups in total. The van der Waals surface area contributed by atoms with E-state index in [-0.39, 0.29) is 0 Å². The lowest BCUT2D eigenvalue weighted by atomic mass is 9.92. The van der Waals surface area contributed by atoms with E-state index in [1.54, 1.807) is 0 Å². The van der Waals surface area contributed by atoms with Crippen LogP contribution in [0.25, 0.3) is 0 Å². The molecule has 2 aliphatic heterocycles. The molecule has 0 saturated carbocycles. The van der Waals surface area contributed by atoms with Crippen molar-refractivity contribution in [3.63, 3.8) is 0 Å². The summed E-state index contributed by atoms with van der Waals surface area (Å²) in [6.07, 6.45) is 1.26. The smallest absolute Gasteiger partial charge is 0.233 e. The Hall–Kier alpha value is -2.41. The number of ether oxygens (including phenoxy) is 1. The first-order valence-electron chi connectivity index (χ1n) is 9.83. The van der Waals surface area contributed by atoms with Crippen LogP contribution < -0.4 is 15.1 Å². The summed E-state index contributed by atoms with van der Waals surface area (Å²) in [6, 6.07) is 10.0. The minimum atomic E-state index is 0.596. The molecule has 2 atom stereocenters. The Bertz CT molecular complexity index is 739. The summed E-state index contributed by atoms with van der Waals surface area (Å²) >= 11 is 0. The molecule has 2 aliphatic rings. The van der Waals surface area contributed by atoms with E-state index in [1.165, 1.54) is 6.42 Å². The maximum absolute atomic E-state index is 5.48. The van der Waals surface area contributed by atoms with E-state index in [0.717, 1.165) is 43.8 Å². The Kier molecular flexibility index (Phi) is 5.38. The molecule has 0 radical (unpaired) electrons. The molecule has 1 aromatic heterocycles. The van der Waals surface area contributed by atoms with Crippen LogP contribution in [0.3, 0.4) is 0 Å². The van der Waals surface area contributed by atoms with Gasteiger partial charge in [0.05, 0.1) is 13.2 Å². The highest BCUT2D eigenvalue weighted by Gasteiger charge is 2.25. The minimum absolute atomic E-state index is 0.596. The van der Waals surface area contributed by atoms with Gasteiger partial charge in [-0.2, -0.15) is 15.0 Å². The van der Waals surface area contributed by atoms with Crippen LogP contribution in [0.1, 0.15) is 20.3 Å². The van der Waals surface area contributed by atoms with Gasteiger partial charge in [-0.1, -0.05) is 32.0 Å². The van der Waals surface area contributed by atoms with Crippen LogP contribution in [-0.4, -0.2) is 54.3 Å². The first-order chi connectivity index (χ1) is 13.2. The van der Waals surface area contributed by atoms with E-state index in [4.69, 9.17) is 19.7 Å². The highest BCUT2D eigenvalue weighted by Crippen LogP contribution is 2.26. The molecule has 0 spiro atoms. The number of anilines is 4. The number of para-hydroxylation sites is 1. The van der Waals surface area contributed by atoms with E-state index in [9.17, 15) is 0 Å². The average Bonchev–Trinajstić information content (AvgIpc) is 2.68. The molecule has 0 unspecified atom stereocenters. The van der Waals surface area contributed by atoms with Gasteiger partial charge in [0, 0.05) is 31.9 Å². The van der Waals surface area contributed by atoms with Crippen LogP contribution in [0.2, 0.25) is 0 Å². The number of piperidine rings is 1. The molecule has 2 saturated heterocycles. The van der Waals surface area contributed by atoms with Crippen molar-refractivity contribution in [1.29, 1.82) is 0 Å². The van der Waals surface area contributed by atoms with Gasteiger partial charge in [-0.3, -0.25) is 0 Å². The lowest BCUT2D eigenvalue weighted by Crippen LogP contribution is -2.41. The van der Waals surface area contributed by atoms with Crippen molar-refractivity contribution in [1.82, 2.24) is 15.0 Å². The van der Waals surface area contributed by atoms with Gasteiger partial charge < -0.3 is 19.9 Å². The summed E-state index contributed by atoms with van der Waals surface area (Å²) in [4.78, 5) is 18.8. The third-order valence-corrected chi connectivity index (χ3v) is 5.09. The normalized spacial score (nSPS) is 23.3. The van der Waals surface area contributed by atoms with Gasteiger partial charge in [-0.05, 0) is 30.4 Å². The fourth-order valence-corrected chi connectivity index (χ4v) is 3.93. The fraction of sp³-hybridized carbons (Fsp3) is 0.550. The van der Waals surface area contributed by atoms with Gasteiger partial charge in [-0.15, -0.1) is 0 Å². The van der Waals surface area contributed by atoms with E-state index in [1.807, 2.05) is 30.3 Å². The largest absolute Gasteiger partial charge is 0.378 e. The second kappa shape index (κ2) is 8.08. The topological polar surface area (TPSA) is 66.4 Å². The Labute approximate surface area is 160 Å². The Morgan fingerprint density at radius 1 is 0.889 bits per heavy atom. The van der Waals surface area contributed by atoms with Crippen molar-refractivity contribution < 1.29 is 4.74 Å². The molecule has 0 bridgehead atoms. The van der Waals surface area contributed by atoms with Crippen LogP contribution in [0.15, 0.2) is 30.3 Å². The second-order valence-corrected chi connectivity index (χ2v) is 7.70. The molecule has 27 heavy (non-hydrogen) atoms. The molecule has 144 valence electrons. The quantitative estimate of drug-likeness (QED) is 0.890. The third-order valence-electron chi connectivity index (χ3n) is 5.09. The maximum Gasteiger partial charge on any atom is 0.233 e. The molecular weight excluding hydrogens is 340 g/mol. The second-order valence-electron chi connectivity index (χ2n) is 7.70. The number of nitrogens with one attached hydrogen (secondary N) is 1. The molecule has 4 rings (SSSR count). The van der Waals surface area contributed by atoms with Gasteiger partial charge in [0.2, 0.25) is 17.8 Å². The Morgan fingerprint density at radius 3 is 2.19 bits per heavy atom. The number of benzene rings is 1. The van der Waals surface area contributed by atoms with Crippen LogP contribution in [0.5, 0.6) is 0 Å². The van der Waals surface area contributed by atoms with E-state index >= 15 is 0 Å². The van der Waals surface area contributed by atoms with Crippen molar-refractivity contribution >= 4 is 23.5 Å². The Balaban J connectivity index is 1.65. The first-order valence-corrected chi connectivity index (χ1v) is 9.83. The number of rotatable bonds is 4. The molecule has 0 aliphatic carbocycles. The zero-order chi connectivity index (χ0) is 18.6. The predicted molar refractivity (Wildman–Crippen MR) is 108 cm³/mol. The zero-order valence-corrected chi connectivity index (χ0v) is 16.1. The summed E-state index contributed by atoms with van der Waals surface area (Å²) in [5, 5.41) is 3.34. The molecular formula is C20H28N6O. The fourth-order valence-electron chi connectivity index (χ4n) is 3.93. The molecule has 1 aromatic carbocycles. The van der Waals surface area contributed by atoms with Gasteiger partial charge in [0.1, 0.15) is 0 Å². The molecule has 3 heterocycles. The SMILES string of the molecule is C[C@@H]1C[C@H](C)CN(c2nc(Nc3ccccc3)nc(N3CCOCC3)n2)C1. The highest BCUT2D eigenvalue weighted by atomic mass is 16.5. The van der Waals surface area contributed by atoms with Crippen LogP contribution in [0.4, 0.5) is 23.5 Å². The van der Waals surface area contributed by atoms with Gasteiger partial charge >= 0.3 is 0 Å².